The number of aryl methyl sites for hydroxylation is 3. The van der Waals surface area contributed by atoms with E-state index in [1.54, 1.807) is 0 Å². The van der Waals surface area contributed by atoms with Crippen molar-refractivity contribution >= 4 is 27.5 Å². The van der Waals surface area contributed by atoms with Crippen molar-refractivity contribution in [3.63, 3.8) is 0 Å². The average molecular weight is 308 g/mol. The molecule has 2 rings (SSSR count). The van der Waals surface area contributed by atoms with Crippen LogP contribution in [0, 0.1) is 20.8 Å². The van der Waals surface area contributed by atoms with Gasteiger partial charge in [-0.25, -0.2) is 0 Å². The van der Waals surface area contributed by atoms with Gasteiger partial charge in [0.2, 0.25) is 0 Å². The van der Waals surface area contributed by atoms with Gasteiger partial charge < -0.3 is 5.32 Å². The minimum Gasteiger partial charge on any atom is -0.322 e. The van der Waals surface area contributed by atoms with Gasteiger partial charge in [-0.1, -0.05) is 15.9 Å². The average Bonchev–Trinajstić information content (AvgIpc) is 2.72. The summed E-state index contributed by atoms with van der Waals surface area (Å²) in [5, 5.41) is 9.46. The second-order valence-electron chi connectivity index (χ2n) is 4.29. The molecule has 1 amide bonds. The maximum Gasteiger partial charge on any atom is 0.259 e. The molecule has 0 spiro atoms. The van der Waals surface area contributed by atoms with Crippen molar-refractivity contribution in [2.24, 2.45) is 0 Å². The predicted octanol–water partition coefficient (Wildman–Crippen LogP) is 3.35. The molecule has 1 aromatic heterocycles. The lowest BCUT2D eigenvalue weighted by atomic mass is 10.1. The number of anilines is 1. The van der Waals surface area contributed by atoms with E-state index in [1.807, 2.05) is 32.9 Å². The molecule has 0 bridgehead atoms. The van der Waals surface area contributed by atoms with E-state index in [4.69, 9.17) is 0 Å². The zero-order chi connectivity index (χ0) is 13.3. The highest BCUT2D eigenvalue weighted by Crippen LogP contribution is 2.25. The molecule has 0 radical (unpaired) electrons. The summed E-state index contributed by atoms with van der Waals surface area (Å²) in [5.41, 5.74) is 4.30. The van der Waals surface area contributed by atoms with Crippen LogP contribution < -0.4 is 5.32 Å². The van der Waals surface area contributed by atoms with Crippen LogP contribution in [-0.2, 0) is 0 Å². The number of aromatic nitrogens is 2. The number of hydrogen-bond donors (Lipinski definition) is 2. The molecule has 4 nitrogen and oxygen atoms in total. The summed E-state index contributed by atoms with van der Waals surface area (Å²) in [4.78, 5) is 12.0. The van der Waals surface area contributed by atoms with Gasteiger partial charge in [0, 0.05) is 15.9 Å². The van der Waals surface area contributed by atoms with Crippen LogP contribution >= 0.6 is 15.9 Å². The van der Waals surface area contributed by atoms with Gasteiger partial charge in [0.1, 0.15) is 0 Å². The SMILES string of the molecule is Cc1cc(NC(=O)c2cn[nH]c2C)cc(C)c1Br. The van der Waals surface area contributed by atoms with E-state index in [1.165, 1.54) is 6.20 Å². The zero-order valence-electron chi connectivity index (χ0n) is 10.5. The number of H-pyrrole nitrogens is 1. The summed E-state index contributed by atoms with van der Waals surface area (Å²) in [7, 11) is 0. The quantitative estimate of drug-likeness (QED) is 0.894. The van der Waals surface area contributed by atoms with E-state index in [9.17, 15) is 4.79 Å². The Hall–Kier alpha value is -1.62. The first-order valence-corrected chi connectivity index (χ1v) is 6.36. The zero-order valence-corrected chi connectivity index (χ0v) is 12.1. The first kappa shape index (κ1) is 12.8. The number of nitrogens with zero attached hydrogens (tertiary/aromatic N) is 1. The molecule has 0 aliphatic heterocycles. The first-order valence-electron chi connectivity index (χ1n) is 5.57. The predicted molar refractivity (Wildman–Crippen MR) is 74.9 cm³/mol. The van der Waals surface area contributed by atoms with Crippen LogP contribution in [-0.4, -0.2) is 16.1 Å². The Balaban J connectivity index is 2.25. The van der Waals surface area contributed by atoms with Gasteiger partial charge in [-0.3, -0.25) is 9.89 Å². The Morgan fingerprint density at radius 3 is 2.39 bits per heavy atom. The molecule has 0 fully saturated rings. The highest BCUT2D eigenvalue weighted by atomic mass is 79.9. The van der Waals surface area contributed by atoms with E-state index in [0.29, 0.717) is 5.56 Å². The van der Waals surface area contributed by atoms with E-state index >= 15 is 0 Å². The molecule has 94 valence electrons. The lowest BCUT2D eigenvalue weighted by Crippen LogP contribution is -2.12. The van der Waals surface area contributed by atoms with Gasteiger partial charge in [0.15, 0.2) is 0 Å². The van der Waals surface area contributed by atoms with Crippen molar-refractivity contribution in [3.05, 3.63) is 45.2 Å². The number of rotatable bonds is 2. The number of benzene rings is 1. The Kier molecular flexibility index (Phi) is 3.52. The Morgan fingerprint density at radius 2 is 1.89 bits per heavy atom. The molecule has 2 aromatic rings. The number of halogens is 1. The lowest BCUT2D eigenvalue weighted by molar-refractivity contribution is 0.102. The number of hydrogen-bond acceptors (Lipinski definition) is 2. The van der Waals surface area contributed by atoms with E-state index < -0.39 is 0 Å². The Morgan fingerprint density at radius 1 is 1.28 bits per heavy atom. The van der Waals surface area contributed by atoms with Crippen LogP contribution in [0.1, 0.15) is 27.2 Å². The monoisotopic (exact) mass is 307 g/mol. The van der Waals surface area contributed by atoms with Gasteiger partial charge in [-0.05, 0) is 44.0 Å². The third kappa shape index (κ3) is 2.46. The van der Waals surface area contributed by atoms with Crippen LogP contribution in [0.15, 0.2) is 22.8 Å². The summed E-state index contributed by atoms with van der Waals surface area (Å²) >= 11 is 3.50. The largest absolute Gasteiger partial charge is 0.322 e. The molecular weight excluding hydrogens is 294 g/mol. The Labute approximate surface area is 114 Å². The van der Waals surface area contributed by atoms with E-state index in [0.717, 1.165) is 27.0 Å². The number of carbonyl (C=O) groups is 1. The minimum absolute atomic E-state index is 0.151. The van der Waals surface area contributed by atoms with Crippen molar-refractivity contribution in [2.45, 2.75) is 20.8 Å². The molecule has 0 atom stereocenters. The van der Waals surface area contributed by atoms with Crippen molar-refractivity contribution in [1.82, 2.24) is 10.2 Å². The molecule has 0 aliphatic carbocycles. The fraction of sp³-hybridized carbons (Fsp3) is 0.231. The van der Waals surface area contributed by atoms with Gasteiger partial charge in [0.25, 0.3) is 5.91 Å². The summed E-state index contributed by atoms with van der Waals surface area (Å²) in [5.74, 6) is -0.151. The third-order valence-corrected chi connectivity index (χ3v) is 4.02. The second-order valence-corrected chi connectivity index (χ2v) is 5.08. The standard InChI is InChI=1S/C13H14BrN3O/c1-7-4-10(5-8(2)12(7)14)16-13(18)11-6-15-17-9(11)3/h4-6H,1-3H3,(H,15,17)(H,16,18). The molecule has 0 aliphatic rings. The molecule has 5 heteroatoms. The fourth-order valence-corrected chi connectivity index (χ4v) is 2.03. The molecule has 0 unspecified atom stereocenters. The number of carbonyl (C=O) groups excluding carboxylic acids is 1. The van der Waals surface area contributed by atoms with Crippen LogP contribution in [0.3, 0.4) is 0 Å². The Bertz CT molecular complexity index is 581. The second kappa shape index (κ2) is 4.94. The van der Waals surface area contributed by atoms with Crippen molar-refractivity contribution in [2.75, 3.05) is 5.32 Å². The van der Waals surface area contributed by atoms with E-state index in [-0.39, 0.29) is 5.91 Å². The molecular formula is C13H14BrN3O. The van der Waals surface area contributed by atoms with Gasteiger partial charge in [-0.2, -0.15) is 5.10 Å². The van der Waals surface area contributed by atoms with Crippen molar-refractivity contribution in [3.8, 4) is 0 Å². The van der Waals surface area contributed by atoms with Gasteiger partial charge in [0.05, 0.1) is 11.8 Å². The topological polar surface area (TPSA) is 57.8 Å². The van der Waals surface area contributed by atoms with Crippen LogP contribution in [0.5, 0.6) is 0 Å². The van der Waals surface area contributed by atoms with Crippen LogP contribution in [0.2, 0.25) is 0 Å². The highest BCUT2D eigenvalue weighted by molar-refractivity contribution is 9.10. The minimum atomic E-state index is -0.151. The first-order chi connectivity index (χ1) is 8.49. The normalized spacial score (nSPS) is 10.4. The smallest absolute Gasteiger partial charge is 0.259 e. The highest BCUT2D eigenvalue weighted by Gasteiger charge is 2.11. The molecule has 18 heavy (non-hydrogen) atoms. The number of amides is 1. The van der Waals surface area contributed by atoms with Gasteiger partial charge >= 0.3 is 0 Å². The van der Waals surface area contributed by atoms with Crippen molar-refractivity contribution in [1.29, 1.82) is 0 Å². The lowest BCUT2D eigenvalue weighted by Gasteiger charge is -2.09. The maximum absolute atomic E-state index is 12.0. The number of aromatic amines is 1. The van der Waals surface area contributed by atoms with Crippen LogP contribution in [0.25, 0.3) is 0 Å². The molecule has 1 aromatic carbocycles. The van der Waals surface area contributed by atoms with Crippen molar-refractivity contribution < 1.29 is 4.79 Å². The molecule has 0 saturated heterocycles. The summed E-state index contributed by atoms with van der Waals surface area (Å²) in [6.07, 6.45) is 1.53. The maximum atomic E-state index is 12.0. The third-order valence-electron chi connectivity index (χ3n) is 2.77. The number of nitrogens with one attached hydrogen (secondary N) is 2. The molecule has 2 N–H and O–H groups in total. The summed E-state index contributed by atoms with van der Waals surface area (Å²) in [6, 6.07) is 3.87. The summed E-state index contributed by atoms with van der Waals surface area (Å²) < 4.78 is 1.07. The summed E-state index contributed by atoms with van der Waals surface area (Å²) in [6.45, 7) is 5.81. The van der Waals surface area contributed by atoms with Crippen LogP contribution in [0.4, 0.5) is 5.69 Å². The van der Waals surface area contributed by atoms with E-state index in [2.05, 4.69) is 31.4 Å². The molecule has 1 heterocycles. The fourth-order valence-electron chi connectivity index (χ4n) is 1.80. The van der Waals surface area contributed by atoms with Gasteiger partial charge in [-0.15, -0.1) is 0 Å². The molecule has 0 saturated carbocycles.